The molecule has 0 saturated heterocycles. The second-order valence-electron chi connectivity index (χ2n) is 14.5. The number of aliphatic hydroxyl groups is 2. The van der Waals surface area contributed by atoms with E-state index in [4.69, 9.17) is 6.42 Å². The predicted molar refractivity (Wildman–Crippen MR) is 182 cm³/mol. The molecule has 0 radical (unpaired) electrons. The number of aliphatic hydroxyl groups excluding tert-OH is 2. The van der Waals surface area contributed by atoms with E-state index in [9.17, 15) is 24.6 Å². The number of carbonyl (C=O) groups excluding carboxylic acids is 3. The maximum absolute atomic E-state index is 14.0. The number of hydrogen-bond acceptors (Lipinski definition) is 6. The van der Waals surface area contributed by atoms with Crippen molar-refractivity contribution in [3.63, 3.8) is 0 Å². The third-order valence-corrected chi connectivity index (χ3v) is 10.6. The highest BCUT2D eigenvalue weighted by molar-refractivity contribution is 5.83. The average molecular weight is 645 g/mol. The number of unbranched alkanes of at least 4 members (excludes halogenated alkanes) is 1. The number of carbonyl (C=O) groups is 3. The number of hydrazine groups is 1. The minimum atomic E-state index is -0.895. The first kappa shape index (κ1) is 38.3. The molecule has 0 spiro atoms. The van der Waals surface area contributed by atoms with Gasteiger partial charge in [0.2, 0.25) is 17.7 Å². The van der Waals surface area contributed by atoms with Crippen molar-refractivity contribution in [2.45, 2.75) is 148 Å². The maximum Gasteiger partial charge on any atom is 0.237 e. The zero-order valence-corrected chi connectivity index (χ0v) is 29.1. The highest BCUT2D eigenvalue weighted by Gasteiger charge is 2.39. The highest BCUT2D eigenvalue weighted by atomic mass is 16.3. The van der Waals surface area contributed by atoms with Gasteiger partial charge in [0.15, 0.2) is 0 Å². The molecule has 46 heavy (non-hydrogen) atoms. The molecule has 4 N–H and O–H groups in total. The predicted octanol–water partition coefficient (Wildman–Crippen LogP) is 4.80. The van der Waals surface area contributed by atoms with Crippen LogP contribution < -0.4 is 10.7 Å². The van der Waals surface area contributed by atoms with E-state index in [-0.39, 0.29) is 54.0 Å². The van der Waals surface area contributed by atoms with E-state index in [0.717, 1.165) is 77.0 Å². The van der Waals surface area contributed by atoms with Crippen molar-refractivity contribution in [3.8, 4) is 12.3 Å². The molecule has 3 saturated carbocycles. The number of hydrogen-bond donors (Lipinski definition) is 4. The van der Waals surface area contributed by atoms with Crippen molar-refractivity contribution in [3.05, 3.63) is 0 Å². The van der Waals surface area contributed by atoms with Crippen LogP contribution in [-0.2, 0) is 14.4 Å². The molecule has 3 amide bonds. The molecule has 9 nitrogen and oxygen atoms in total. The van der Waals surface area contributed by atoms with Gasteiger partial charge in [-0.3, -0.25) is 19.8 Å². The molecule has 3 fully saturated rings. The van der Waals surface area contributed by atoms with Gasteiger partial charge in [-0.15, -0.1) is 12.3 Å². The smallest absolute Gasteiger partial charge is 0.237 e. The first-order valence-corrected chi connectivity index (χ1v) is 18.7. The largest absolute Gasteiger partial charge is 0.393 e. The summed E-state index contributed by atoms with van der Waals surface area (Å²) in [6, 6.07) is -0.513. The van der Waals surface area contributed by atoms with Crippen LogP contribution in [0, 0.1) is 41.9 Å². The molecule has 9 heteroatoms. The lowest BCUT2D eigenvalue weighted by Gasteiger charge is -2.37. The van der Waals surface area contributed by atoms with Gasteiger partial charge in [0.1, 0.15) is 0 Å². The molecular formula is C37H64N4O5. The summed E-state index contributed by atoms with van der Waals surface area (Å²) in [4.78, 5) is 42.6. The zero-order chi connectivity index (χ0) is 33.5. The number of rotatable bonds is 17. The van der Waals surface area contributed by atoms with Crippen LogP contribution in [0.5, 0.6) is 0 Å². The Hall–Kier alpha value is -2.15. The van der Waals surface area contributed by atoms with Crippen LogP contribution in [0.25, 0.3) is 0 Å². The van der Waals surface area contributed by atoms with Crippen molar-refractivity contribution < 1.29 is 24.6 Å². The second-order valence-corrected chi connectivity index (χ2v) is 14.5. The lowest BCUT2D eigenvalue weighted by Crippen LogP contribution is -2.55. The van der Waals surface area contributed by atoms with Crippen LogP contribution in [0.15, 0.2) is 0 Å². The van der Waals surface area contributed by atoms with Gasteiger partial charge in [0.05, 0.1) is 18.2 Å². The van der Waals surface area contributed by atoms with Crippen molar-refractivity contribution >= 4 is 17.7 Å². The second kappa shape index (κ2) is 20.3. The van der Waals surface area contributed by atoms with Crippen molar-refractivity contribution in [2.75, 3.05) is 26.2 Å². The van der Waals surface area contributed by atoms with Gasteiger partial charge in [-0.2, -0.15) is 0 Å². The first-order valence-electron chi connectivity index (χ1n) is 18.7. The molecule has 0 aliphatic heterocycles. The number of terminal acetylenes is 1. The summed E-state index contributed by atoms with van der Waals surface area (Å²) in [6.07, 6.45) is 18.8. The Morgan fingerprint density at radius 1 is 0.826 bits per heavy atom. The Morgan fingerprint density at radius 2 is 1.48 bits per heavy atom. The summed E-state index contributed by atoms with van der Waals surface area (Å²) in [7, 11) is 0. The quantitative estimate of drug-likeness (QED) is 0.133. The fraction of sp³-hybridized carbons (Fsp3) is 0.865. The number of nitrogens with zero attached hydrogens (tertiary/aromatic N) is 2. The van der Waals surface area contributed by atoms with E-state index >= 15 is 0 Å². The van der Waals surface area contributed by atoms with E-state index in [0.29, 0.717) is 45.3 Å². The van der Waals surface area contributed by atoms with Gasteiger partial charge in [-0.25, -0.2) is 5.01 Å². The summed E-state index contributed by atoms with van der Waals surface area (Å²) in [5, 5.41) is 26.9. The Balaban J connectivity index is 1.74. The molecule has 0 aromatic carbocycles. The van der Waals surface area contributed by atoms with E-state index in [2.05, 4.69) is 37.4 Å². The minimum absolute atomic E-state index is 0.0100. The van der Waals surface area contributed by atoms with Crippen LogP contribution in [0.2, 0.25) is 0 Å². The average Bonchev–Trinajstić information content (AvgIpc) is 3.07. The van der Waals surface area contributed by atoms with Gasteiger partial charge in [-0.1, -0.05) is 46.5 Å². The molecule has 5 atom stereocenters. The zero-order valence-electron chi connectivity index (χ0n) is 29.1. The van der Waals surface area contributed by atoms with Gasteiger partial charge in [-0.05, 0) is 89.4 Å². The highest BCUT2D eigenvalue weighted by Crippen LogP contribution is 2.35. The Bertz CT molecular complexity index is 965. The summed E-state index contributed by atoms with van der Waals surface area (Å²) < 4.78 is 0. The van der Waals surface area contributed by atoms with Crippen molar-refractivity contribution in [1.29, 1.82) is 0 Å². The molecule has 0 aromatic rings. The van der Waals surface area contributed by atoms with Crippen LogP contribution in [0.1, 0.15) is 130 Å². The summed E-state index contributed by atoms with van der Waals surface area (Å²) in [5.74, 6) is 2.27. The van der Waals surface area contributed by atoms with Gasteiger partial charge >= 0.3 is 0 Å². The summed E-state index contributed by atoms with van der Waals surface area (Å²) in [5.41, 5.74) is 3.12. The Labute approximate surface area is 279 Å². The fourth-order valence-corrected chi connectivity index (χ4v) is 7.86. The molecule has 0 bridgehead atoms. The molecule has 3 aliphatic rings. The summed E-state index contributed by atoms with van der Waals surface area (Å²) in [6.45, 7) is 8.51. The SMILES string of the molecule is C#CC1CC(C(=O)NC(CC2CCC(O)CC2)C(O)CN(CCCC)NC(=O)C2CCCCC2)CC(C(=O)N(CCC)CCC)C1. The minimum Gasteiger partial charge on any atom is -0.393 e. The Morgan fingerprint density at radius 3 is 2.09 bits per heavy atom. The van der Waals surface area contributed by atoms with E-state index in [1.807, 2.05) is 9.91 Å². The molecule has 3 rings (SSSR count). The maximum atomic E-state index is 14.0. The standard InChI is InChI=1S/C37H64N4O5/c1-5-9-21-41(39-36(45)29-13-11-10-12-14-29)26-34(43)33(24-28-15-17-32(42)18-16-28)38-35(44)30-22-27(8-4)23-31(25-30)37(46)40(19-6-2)20-7-3/h4,27-34,42-43H,5-7,9-26H2,1-3H3,(H,38,44)(H,39,45). The number of amides is 3. The van der Waals surface area contributed by atoms with Crippen LogP contribution >= 0.6 is 0 Å². The fourth-order valence-electron chi connectivity index (χ4n) is 7.86. The monoisotopic (exact) mass is 644 g/mol. The van der Waals surface area contributed by atoms with Crippen molar-refractivity contribution in [2.24, 2.45) is 29.6 Å². The lowest BCUT2D eigenvalue weighted by atomic mass is 9.74. The lowest BCUT2D eigenvalue weighted by molar-refractivity contribution is -0.139. The third kappa shape index (κ3) is 12.1. The van der Waals surface area contributed by atoms with Gasteiger partial charge < -0.3 is 20.4 Å². The molecule has 5 unspecified atom stereocenters. The topological polar surface area (TPSA) is 122 Å². The number of nitrogens with one attached hydrogen (secondary N) is 2. The van der Waals surface area contributed by atoms with E-state index < -0.39 is 18.1 Å². The van der Waals surface area contributed by atoms with Crippen LogP contribution in [-0.4, -0.2) is 82.3 Å². The van der Waals surface area contributed by atoms with Crippen LogP contribution in [0.4, 0.5) is 0 Å². The third-order valence-electron chi connectivity index (χ3n) is 10.6. The van der Waals surface area contributed by atoms with E-state index in [1.54, 1.807) is 0 Å². The van der Waals surface area contributed by atoms with Crippen LogP contribution in [0.3, 0.4) is 0 Å². The molecule has 262 valence electrons. The summed E-state index contributed by atoms with van der Waals surface area (Å²) >= 11 is 0. The van der Waals surface area contributed by atoms with Crippen molar-refractivity contribution in [1.82, 2.24) is 20.7 Å². The van der Waals surface area contributed by atoms with Gasteiger partial charge in [0.25, 0.3) is 0 Å². The van der Waals surface area contributed by atoms with Gasteiger partial charge in [0, 0.05) is 49.9 Å². The molecule has 0 heterocycles. The molecular weight excluding hydrogens is 580 g/mol. The molecule has 0 aromatic heterocycles. The normalized spacial score (nSPS) is 26.9. The Kier molecular flexibility index (Phi) is 16.9. The first-order chi connectivity index (χ1) is 22.2. The van der Waals surface area contributed by atoms with E-state index in [1.165, 1.54) is 6.42 Å². The molecule has 3 aliphatic carbocycles.